The van der Waals surface area contributed by atoms with Crippen LogP contribution in [0.25, 0.3) is 0 Å². The average molecular weight is 223 g/mol. The number of carbonyl (C=O) groups excluding carboxylic acids is 1. The van der Waals surface area contributed by atoms with E-state index in [-0.39, 0.29) is 23.5 Å². The molecule has 0 saturated carbocycles. The Morgan fingerprint density at radius 1 is 1.56 bits per heavy atom. The van der Waals surface area contributed by atoms with Gasteiger partial charge < -0.3 is 9.47 Å². The molecule has 0 saturated heterocycles. The van der Waals surface area contributed by atoms with E-state index in [9.17, 15) is 9.18 Å². The van der Waals surface area contributed by atoms with Crippen molar-refractivity contribution >= 4 is 5.97 Å². The maximum Gasteiger partial charge on any atom is 0.343 e. The number of benzene rings is 1. The summed E-state index contributed by atoms with van der Waals surface area (Å²) in [6.45, 7) is 1.76. The number of ether oxygens (including phenoxy) is 2. The Hall–Kier alpha value is -2.09. The molecular formula is C11H10FNO3. The molecule has 0 atom stereocenters. The summed E-state index contributed by atoms with van der Waals surface area (Å²) in [5, 5.41) is 8.78. The Morgan fingerprint density at radius 2 is 2.25 bits per heavy atom. The van der Waals surface area contributed by atoms with E-state index in [0.717, 1.165) is 6.07 Å². The van der Waals surface area contributed by atoms with Gasteiger partial charge in [0.25, 0.3) is 0 Å². The molecule has 0 aliphatic heterocycles. The summed E-state index contributed by atoms with van der Waals surface area (Å²) < 4.78 is 22.9. The summed E-state index contributed by atoms with van der Waals surface area (Å²) in [6, 6.07) is 3.97. The third-order valence-electron chi connectivity index (χ3n) is 1.93. The highest BCUT2D eigenvalue weighted by Crippen LogP contribution is 2.25. The number of nitriles is 1. The molecule has 1 aromatic carbocycles. The first-order valence-corrected chi connectivity index (χ1v) is 4.59. The van der Waals surface area contributed by atoms with Gasteiger partial charge in [-0.25, -0.2) is 9.18 Å². The third kappa shape index (κ3) is 2.11. The molecule has 0 heterocycles. The lowest BCUT2D eigenvalue weighted by molar-refractivity contribution is 0.0521. The lowest BCUT2D eigenvalue weighted by atomic mass is 10.1. The van der Waals surface area contributed by atoms with Crippen LogP contribution in [0.5, 0.6) is 5.75 Å². The van der Waals surface area contributed by atoms with E-state index in [2.05, 4.69) is 0 Å². The quantitative estimate of drug-likeness (QED) is 0.734. The smallest absolute Gasteiger partial charge is 0.343 e. The molecule has 5 heteroatoms. The fourth-order valence-electron chi connectivity index (χ4n) is 1.24. The second-order valence-electron chi connectivity index (χ2n) is 2.83. The first-order valence-electron chi connectivity index (χ1n) is 4.59. The minimum atomic E-state index is -0.772. The lowest BCUT2D eigenvalue weighted by Gasteiger charge is -2.09. The zero-order valence-electron chi connectivity index (χ0n) is 8.91. The SMILES string of the molecule is CCOC(=O)c1c(OC)ccc(F)c1C#N. The van der Waals surface area contributed by atoms with Crippen molar-refractivity contribution in [1.29, 1.82) is 5.26 Å². The van der Waals surface area contributed by atoms with Gasteiger partial charge in [0, 0.05) is 0 Å². The second-order valence-corrected chi connectivity index (χ2v) is 2.83. The maximum absolute atomic E-state index is 13.3. The monoisotopic (exact) mass is 223 g/mol. The summed E-state index contributed by atoms with van der Waals surface area (Å²) in [6.07, 6.45) is 0. The van der Waals surface area contributed by atoms with E-state index >= 15 is 0 Å². The van der Waals surface area contributed by atoms with Gasteiger partial charge in [0.15, 0.2) is 0 Å². The number of hydrogen-bond acceptors (Lipinski definition) is 4. The van der Waals surface area contributed by atoms with E-state index < -0.39 is 11.8 Å². The number of carbonyl (C=O) groups is 1. The predicted molar refractivity (Wildman–Crippen MR) is 53.6 cm³/mol. The van der Waals surface area contributed by atoms with Gasteiger partial charge in [-0.15, -0.1) is 0 Å². The third-order valence-corrected chi connectivity index (χ3v) is 1.93. The van der Waals surface area contributed by atoms with Crippen LogP contribution in [0.4, 0.5) is 4.39 Å². The van der Waals surface area contributed by atoms with Crippen LogP contribution in [-0.2, 0) is 4.74 Å². The van der Waals surface area contributed by atoms with E-state index in [1.165, 1.54) is 13.2 Å². The summed E-state index contributed by atoms with van der Waals surface area (Å²) >= 11 is 0. The van der Waals surface area contributed by atoms with Gasteiger partial charge in [0.1, 0.15) is 28.8 Å². The molecule has 0 aliphatic carbocycles. The number of esters is 1. The molecule has 0 aromatic heterocycles. The van der Waals surface area contributed by atoms with E-state index in [4.69, 9.17) is 14.7 Å². The van der Waals surface area contributed by atoms with Crippen LogP contribution < -0.4 is 4.74 Å². The summed E-state index contributed by atoms with van der Waals surface area (Å²) in [4.78, 5) is 11.5. The Bertz CT molecular complexity index is 451. The van der Waals surface area contributed by atoms with Crippen LogP contribution in [0, 0.1) is 17.1 Å². The van der Waals surface area contributed by atoms with E-state index in [1.54, 1.807) is 13.0 Å². The maximum atomic E-state index is 13.3. The van der Waals surface area contributed by atoms with Gasteiger partial charge in [-0.2, -0.15) is 5.26 Å². The fraction of sp³-hybridized carbons (Fsp3) is 0.273. The zero-order valence-corrected chi connectivity index (χ0v) is 8.91. The predicted octanol–water partition coefficient (Wildman–Crippen LogP) is 1.88. The molecule has 0 unspecified atom stereocenters. The standard InChI is InChI=1S/C11H10FNO3/c1-3-16-11(14)10-7(6-13)8(12)4-5-9(10)15-2/h4-5H,3H2,1-2H3. The number of nitrogens with zero attached hydrogens (tertiary/aromatic N) is 1. The topological polar surface area (TPSA) is 59.3 Å². The van der Waals surface area contributed by atoms with Crippen molar-refractivity contribution in [3.05, 3.63) is 29.1 Å². The molecule has 84 valence electrons. The van der Waals surface area contributed by atoms with Crippen molar-refractivity contribution in [3.8, 4) is 11.8 Å². The first kappa shape index (κ1) is 12.0. The van der Waals surface area contributed by atoms with Crippen molar-refractivity contribution in [2.45, 2.75) is 6.92 Å². The molecule has 4 nitrogen and oxygen atoms in total. The second kappa shape index (κ2) is 5.12. The zero-order chi connectivity index (χ0) is 12.1. The number of rotatable bonds is 3. The normalized spacial score (nSPS) is 9.38. The van der Waals surface area contributed by atoms with Gasteiger partial charge >= 0.3 is 5.97 Å². The minimum Gasteiger partial charge on any atom is -0.496 e. The van der Waals surface area contributed by atoms with Crippen LogP contribution in [0.2, 0.25) is 0 Å². The van der Waals surface area contributed by atoms with Crippen molar-refractivity contribution < 1.29 is 18.7 Å². The van der Waals surface area contributed by atoms with Gasteiger partial charge in [0.2, 0.25) is 0 Å². The molecule has 0 fully saturated rings. The summed E-state index contributed by atoms with van der Waals surface area (Å²) in [5.41, 5.74) is -0.537. The molecule has 0 spiro atoms. The van der Waals surface area contributed by atoms with Crippen LogP contribution >= 0.6 is 0 Å². The number of hydrogen-bond donors (Lipinski definition) is 0. The van der Waals surface area contributed by atoms with Crippen LogP contribution in [0.15, 0.2) is 12.1 Å². The van der Waals surface area contributed by atoms with Crippen molar-refractivity contribution in [2.24, 2.45) is 0 Å². The Labute approximate surface area is 92.2 Å². The van der Waals surface area contributed by atoms with Gasteiger partial charge in [-0.3, -0.25) is 0 Å². The Balaban J connectivity index is 3.37. The van der Waals surface area contributed by atoms with Crippen molar-refractivity contribution in [1.82, 2.24) is 0 Å². The summed E-state index contributed by atoms with van der Waals surface area (Å²) in [5.74, 6) is -1.42. The van der Waals surface area contributed by atoms with Gasteiger partial charge in [-0.1, -0.05) is 0 Å². The van der Waals surface area contributed by atoms with Crippen LogP contribution in [-0.4, -0.2) is 19.7 Å². The van der Waals surface area contributed by atoms with Crippen LogP contribution in [0.3, 0.4) is 0 Å². The van der Waals surface area contributed by atoms with E-state index in [0.29, 0.717) is 0 Å². The molecule has 1 aromatic rings. The fourth-order valence-corrected chi connectivity index (χ4v) is 1.24. The van der Waals surface area contributed by atoms with Crippen LogP contribution in [0.1, 0.15) is 22.8 Å². The Morgan fingerprint density at radius 3 is 2.75 bits per heavy atom. The average Bonchev–Trinajstić information content (AvgIpc) is 2.28. The highest BCUT2D eigenvalue weighted by molar-refractivity contribution is 5.95. The van der Waals surface area contributed by atoms with Gasteiger partial charge in [-0.05, 0) is 19.1 Å². The molecule has 0 N–H and O–H groups in total. The highest BCUT2D eigenvalue weighted by atomic mass is 19.1. The van der Waals surface area contributed by atoms with Crippen molar-refractivity contribution in [2.75, 3.05) is 13.7 Å². The molecule has 1 rings (SSSR count). The first-order chi connectivity index (χ1) is 7.65. The molecule has 0 aliphatic rings. The Kier molecular flexibility index (Phi) is 3.84. The number of methoxy groups -OCH3 is 1. The molecule has 0 amide bonds. The largest absolute Gasteiger partial charge is 0.496 e. The van der Waals surface area contributed by atoms with Crippen molar-refractivity contribution in [3.63, 3.8) is 0 Å². The van der Waals surface area contributed by atoms with E-state index in [1.807, 2.05) is 0 Å². The molecule has 0 bridgehead atoms. The summed E-state index contributed by atoms with van der Waals surface area (Å²) in [7, 11) is 1.33. The minimum absolute atomic E-state index is 0.122. The molecule has 16 heavy (non-hydrogen) atoms. The highest BCUT2D eigenvalue weighted by Gasteiger charge is 2.21. The van der Waals surface area contributed by atoms with Gasteiger partial charge in [0.05, 0.1) is 13.7 Å². The lowest BCUT2D eigenvalue weighted by Crippen LogP contribution is -2.10. The molecule has 0 radical (unpaired) electrons. The number of halogens is 1. The molecular weight excluding hydrogens is 213 g/mol.